The molecule has 0 saturated heterocycles. The molecule has 1 aliphatic carbocycles. The summed E-state index contributed by atoms with van der Waals surface area (Å²) in [7, 11) is 0. The summed E-state index contributed by atoms with van der Waals surface area (Å²) in [6.45, 7) is 6.33. The van der Waals surface area contributed by atoms with E-state index in [-0.39, 0.29) is 0 Å². The zero-order chi connectivity index (χ0) is 11.7. The largest absolute Gasteiger partial charge is 0.328 e. The van der Waals surface area contributed by atoms with Crippen LogP contribution in [0.3, 0.4) is 0 Å². The first-order valence-electron chi connectivity index (χ1n) is 5.87. The van der Waals surface area contributed by atoms with Gasteiger partial charge in [-0.3, -0.25) is 9.78 Å². The fourth-order valence-electron chi connectivity index (χ4n) is 2.52. The first kappa shape index (κ1) is 11.1. The summed E-state index contributed by atoms with van der Waals surface area (Å²) in [5.41, 5.74) is 5.67. The van der Waals surface area contributed by atoms with Crippen molar-refractivity contribution in [3.63, 3.8) is 0 Å². The molecule has 0 fully saturated rings. The van der Waals surface area contributed by atoms with Crippen LogP contribution in [0.2, 0.25) is 0 Å². The summed E-state index contributed by atoms with van der Waals surface area (Å²) in [6, 6.07) is 0. The van der Waals surface area contributed by atoms with E-state index >= 15 is 0 Å². The van der Waals surface area contributed by atoms with Crippen molar-refractivity contribution in [2.24, 2.45) is 0 Å². The van der Waals surface area contributed by atoms with Crippen LogP contribution in [0.1, 0.15) is 48.7 Å². The first-order valence-corrected chi connectivity index (χ1v) is 5.87. The van der Waals surface area contributed by atoms with Crippen molar-refractivity contribution >= 4 is 12.1 Å². The number of carbonyl (C=O) groups is 1. The second-order valence-electron chi connectivity index (χ2n) is 4.69. The number of nitrogens with zero attached hydrogens (tertiary/aromatic N) is 1. The van der Waals surface area contributed by atoms with Gasteiger partial charge in [-0.25, -0.2) is 0 Å². The van der Waals surface area contributed by atoms with E-state index in [4.69, 9.17) is 4.98 Å². The van der Waals surface area contributed by atoms with E-state index in [1.165, 1.54) is 11.3 Å². The molecule has 0 aromatic carbocycles. The molecule has 16 heavy (non-hydrogen) atoms. The van der Waals surface area contributed by atoms with Crippen molar-refractivity contribution in [1.29, 1.82) is 0 Å². The van der Waals surface area contributed by atoms with Gasteiger partial charge in [-0.15, -0.1) is 0 Å². The topological polar surface area (TPSA) is 42.0 Å². The molecule has 1 N–H and O–H groups in total. The molecule has 1 aliphatic rings. The second kappa shape index (κ2) is 4.24. The lowest BCUT2D eigenvalue weighted by molar-refractivity contribution is -0.105. The number of carbonyl (C=O) groups excluding carboxylic acids is 1. The molecule has 0 unspecified atom stereocenters. The number of anilines is 1. The molecule has 3 heteroatoms. The monoisotopic (exact) mass is 218 g/mol. The predicted octanol–water partition coefficient (Wildman–Crippen LogP) is 2.57. The maximum absolute atomic E-state index is 10.7. The molecule has 1 heterocycles. The van der Waals surface area contributed by atoms with Gasteiger partial charge in [-0.2, -0.15) is 0 Å². The van der Waals surface area contributed by atoms with E-state index in [0.29, 0.717) is 5.92 Å². The van der Waals surface area contributed by atoms with E-state index in [1.54, 1.807) is 0 Å². The van der Waals surface area contributed by atoms with Crippen molar-refractivity contribution in [3.05, 3.63) is 22.5 Å². The maximum atomic E-state index is 10.7. The van der Waals surface area contributed by atoms with Gasteiger partial charge in [0.15, 0.2) is 0 Å². The lowest BCUT2D eigenvalue weighted by Gasteiger charge is -2.16. The summed E-state index contributed by atoms with van der Waals surface area (Å²) in [5.74, 6) is 0.401. The molecule has 0 bridgehead atoms. The summed E-state index contributed by atoms with van der Waals surface area (Å²) in [4.78, 5) is 15.4. The highest BCUT2D eigenvalue weighted by Gasteiger charge is 2.21. The minimum absolute atomic E-state index is 0.401. The number of rotatable bonds is 3. The number of nitrogens with one attached hydrogen (secondary N) is 1. The first-order chi connectivity index (χ1) is 7.65. The Morgan fingerprint density at radius 2 is 2.12 bits per heavy atom. The van der Waals surface area contributed by atoms with Crippen molar-refractivity contribution in [3.8, 4) is 0 Å². The second-order valence-corrected chi connectivity index (χ2v) is 4.69. The average Bonchev–Trinajstić information content (AvgIpc) is 2.69. The number of hydrogen-bond acceptors (Lipinski definition) is 2. The van der Waals surface area contributed by atoms with Crippen LogP contribution < -0.4 is 5.32 Å². The molecule has 0 saturated carbocycles. The predicted molar refractivity (Wildman–Crippen MR) is 64.8 cm³/mol. The van der Waals surface area contributed by atoms with Gasteiger partial charge in [-0.1, -0.05) is 13.8 Å². The molecule has 0 aliphatic heterocycles. The highest BCUT2D eigenvalue weighted by molar-refractivity contribution is 5.77. The van der Waals surface area contributed by atoms with Crippen LogP contribution in [0.15, 0.2) is 0 Å². The van der Waals surface area contributed by atoms with Gasteiger partial charge in [-0.05, 0) is 43.2 Å². The van der Waals surface area contributed by atoms with Gasteiger partial charge in [0.25, 0.3) is 0 Å². The van der Waals surface area contributed by atoms with Crippen LogP contribution >= 0.6 is 0 Å². The molecule has 1 aromatic heterocycles. The van der Waals surface area contributed by atoms with E-state index in [2.05, 4.69) is 19.2 Å². The SMILES string of the molecule is Cc1c(C(C)C)nc2c(c1NC=O)CCC2. The Hall–Kier alpha value is -1.38. The number of amides is 1. The van der Waals surface area contributed by atoms with Crippen LogP contribution in [0.5, 0.6) is 0 Å². The molecule has 2 rings (SSSR count). The van der Waals surface area contributed by atoms with Crippen LogP contribution in [0.4, 0.5) is 5.69 Å². The maximum Gasteiger partial charge on any atom is 0.211 e. The van der Waals surface area contributed by atoms with Gasteiger partial charge in [0.2, 0.25) is 6.41 Å². The molecule has 86 valence electrons. The third kappa shape index (κ3) is 1.70. The van der Waals surface area contributed by atoms with E-state index in [0.717, 1.165) is 42.6 Å². The number of aromatic nitrogens is 1. The molecular formula is C13H18N2O. The summed E-state index contributed by atoms with van der Waals surface area (Å²) >= 11 is 0. The van der Waals surface area contributed by atoms with E-state index in [1.807, 2.05) is 6.92 Å². The zero-order valence-corrected chi connectivity index (χ0v) is 10.1. The number of aryl methyl sites for hydroxylation is 1. The number of hydrogen-bond donors (Lipinski definition) is 1. The van der Waals surface area contributed by atoms with Gasteiger partial charge in [0.05, 0.1) is 5.69 Å². The Morgan fingerprint density at radius 1 is 1.38 bits per heavy atom. The van der Waals surface area contributed by atoms with Crippen LogP contribution in [-0.4, -0.2) is 11.4 Å². The quantitative estimate of drug-likeness (QED) is 0.792. The minimum Gasteiger partial charge on any atom is -0.328 e. The molecule has 0 spiro atoms. The van der Waals surface area contributed by atoms with Crippen LogP contribution in [0.25, 0.3) is 0 Å². The Labute approximate surface area is 96.3 Å². The molecule has 1 aromatic rings. The van der Waals surface area contributed by atoms with Gasteiger partial charge < -0.3 is 5.32 Å². The van der Waals surface area contributed by atoms with Crippen LogP contribution in [-0.2, 0) is 17.6 Å². The average molecular weight is 218 g/mol. The lowest BCUT2D eigenvalue weighted by Crippen LogP contribution is -2.08. The van der Waals surface area contributed by atoms with Gasteiger partial charge in [0, 0.05) is 11.4 Å². The minimum atomic E-state index is 0.401. The Morgan fingerprint density at radius 3 is 2.75 bits per heavy atom. The zero-order valence-electron chi connectivity index (χ0n) is 10.1. The highest BCUT2D eigenvalue weighted by atomic mass is 16.1. The van der Waals surface area contributed by atoms with Crippen molar-refractivity contribution in [1.82, 2.24) is 4.98 Å². The third-order valence-corrected chi connectivity index (χ3v) is 3.26. The molecule has 0 atom stereocenters. The fourth-order valence-corrected chi connectivity index (χ4v) is 2.52. The third-order valence-electron chi connectivity index (χ3n) is 3.26. The van der Waals surface area contributed by atoms with E-state index < -0.39 is 0 Å². The van der Waals surface area contributed by atoms with Gasteiger partial charge >= 0.3 is 0 Å². The number of fused-ring (bicyclic) bond motifs is 1. The molecular weight excluding hydrogens is 200 g/mol. The summed E-state index contributed by atoms with van der Waals surface area (Å²) < 4.78 is 0. The summed E-state index contributed by atoms with van der Waals surface area (Å²) in [5, 5.41) is 2.85. The van der Waals surface area contributed by atoms with Gasteiger partial charge in [0.1, 0.15) is 0 Å². The molecule has 1 amide bonds. The number of pyridine rings is 1. The Bertz CT molecular complexity index is 424. The molecule has 0 radical (unpaired) electrons. The Kier molecular flexibility index (Phi) is 2.95. The van der Waals surface area contributed by atoms with Crippen molar-refractivity contribution in [2.75, 3.05) is 5.32 Å². The highest BCUT2D eigenvalue weighted by Crippen LogP contribution is 2.33. The Balaban J connectivity index is 2.60. The normalized spacial score (nSPS) is 14.0. The smallest absolute Gasteiger partial charge is 0.211 e. The summed E-state index contributed by atoms with van der Waals surface area (Å²) in [6.07, 6.45) is 4.00. The fraction of sp³-hybridized carbons (Fsp3) is 0.538. The standard InChI is InChI=1S/C13H18N2O/c1-8(2)12-9(3)13(14-7-16)10-5-4-6-11(10)15-12/h7-8H,4-6H2,1-3H3,(H,14,15,16). The van der Waals surface area contributed by atoms with Crippen molar-refractivity contribution < 1.29 is 4.79 Å². The van der Waals surface area contributed by atoms with Crippen molar-refractivity contribution in [2.45, 2.75) is 46.0 Å². The van der Waals surface area contributed by atoms with E-state index in [9.17, 15) is 4.79 Å². The molecule has 3 nitrogen and oxygen atoms in total. The lowest BCUT2D eigenvalue weighted by atomic mass is 9.99. The van der Waals surface area contributed by atoms with Crippen LogP contribution in [0, 0.1) is 6.92 Å².